The van der Waals surface area contributed by atoms with Crippen molar-refractivity contribution in [3.8, 4) is 0 Å². The van der Waals surface area contributed by atoms with Crippen LogP contribution in [0.5, 0.6) is 0 Å². The van der Waals surface area contributed by atoms with Crippen LogP contribution in [-0.4, -0.2) is 9.13 Å². The quantitative estimate of drug-likeness (QED) is 0.730. The summed E-state index contributed by atoms with van der Waals surface area (Å²) in [6, 6.07) is 10.3. The van der Waals surface area contributed by atoms with Crippen molar-refractivity contribution in [3.05, 3.63) is 80.5 Å². The first kappa shape index (κ1) is 17.1. The Morgan fingerprint density at radius 1 is 0.960 bits per heavy atom. The lowest BCUT2D eigenvalue weighted by molar-refractivity contribution is 0.480. The van der Waals surface area contributed by atoms with Gasteiger partial charge in [-0.2, -0.15) is 0 Å². The van der Waals surface area contributed by atoms with Gasteiger partial charge in [-0.15, -0.1) is 0 Å². The third-order valence-corrected chi connectivity index (χ3v) is 4.00. The molecule has 25 heavy (non-hydrogen) atoms. The van der Waals surface area contributed by atoms with Crippen LogP contribution in [0.25, 0.3) is 10.9 Å². The first-order valence-electron chi connectivity index (χ1n) is 8.04. The van der Waals surface area contributed by atoms with E-state index in [1.165, 1.54) is 15.2 Å². The van der Waals surface area contributed by atoms with Crippen LogP contribution in [-0.2, 0) is 13.1 Å². The predicted octanol–water partition coefficient (Wildman–Crippen LogP) is 3.15. The summed E-state index contributed by atoms with van der Waals surface area (Å²) in [6.45, 7) is 4.18. The molecule has 0 saturated carbocycles. The van der Waals surface area contributed by atoms with Crippen LogP contribution >= 0.6 is 0 Å². The highest BCUT2D eigenvalue weighted by Gasteiger charge is 2.14. The molecule has 4 nitrogen and oxygen atoms in total. The number of aromatic nitrogens is 2. The molecule has 0 saturated heterocycles. The molecule has 1 heterocycles. The van der Waals surface area contributed by atoms with Gasteiger partial charge in [-0.05, 0) is 35.7 Å². The maximum atomic E-state index is 13.5. The molecule has 3 rings (SSSR count). The molecular formula is C19H18F2N2O2. The average Bonchev–Trinajstić information content (AvgIpc) is 2.58. The minimum absolute atomic E-state index is 0.0505. The predicted molar refractivity (Wildman–Crippen MR) is 92.8 cm³/mol. The summed E-state index contributed by atoms with van der Waals surface area (Å²) in [5, 5.41) is 0.422. The number of benzene rings is 2. The lowest BCUT2D eigenvalue weighted by Crippen LogP contribution is -2.41. The first-order chi connectivity index (χ1) is 11.9. The fourth-order valence-electron chi connectivity index (χ4n) is 2.87. The van der Waals surface area contributed by atoms with Gasteiger partial charge in [-0.1, -0.05) is 32.0 Å². The van der Waals surface area contributed by atoms with Crippen LogP contribution in [0.2, 0.25) is 0 Å². The van der Waals surface area contributed by atoms with Crippen LogP contribution < -0.4 is 11.2 Å². The number of rotatable bonds is 4. The van der Waals surface area contributed by atoms with E-state index in [1.807, 2.05) is 13.8 Å². The molecule has 0 atom stereocenters. The average molecular weight is 344 g/mol. The van der Waals surface area contributed by atoms with Crippen LogP contribution in [0.3, 0.4) is 0 Å². The molecule has 0 aliphatic rings. The Kier molecular flexibility index (Phi) is 4.53. The van der Waals surface area contributed by atoms with E-state index in [4.69, 9.17) is 0 Å². The molecule has 1 aromatic heterocycles. The summed E-state index contributed by atoms with van der Waals surface area (Å²) in [4.78, 5) is 25.5. The summed E-state index contributed by atoms with van der Waals surface area (Å²) < 4.78 is 29.3. The van der Waals surface area contributed by atoms with Gasteiger partial charge in [0.15, 0.2) is 11.6 Å². The monoisotopic (exact) mass is 344 g/mol. The van der Waals surface area contributed by atoms with Crippen LogP contribution in [0.1, 0.15) is 19.4 Å². The van der Waals surface area contributed by atoms with Gasteiger partial charge >= 0.3 is 5.69 Å². The van der Waals surface area contributed by atoms with E-state index in [0.29, 0.717) is 23.0 Å². The molecule has 0 N–H and O–H groups in total. The Bertz CT molecular complexity index is 1050. The summed E-state index contributed by atoms with van der Waals surface area (Å²) in [7, 11) is 0. The van der Waals surface area contributed by atoms with Gasteiger partial charge in [0, 0.05) is 6.54 Å². The van der Waals surface area contributed by atoms with E-state index in [0.717, 1.165) is 12.1 Å². The maximum absolute atomic E-state index is 13.5. The van der Waals surface area contributed by atoms with Gasteiger partial charge in [0.2, 0.25) is 0 Å². The topological polar surface area (TPSA) is 44.0 Å². The molecule has 0 radical (unpaired) electrons. The van der Waals surface area contributed by atoms with Crippen LogP contribution in [0, 0.1) is 17.6 Å². The third-order valence-electron chi connectivity index (χ3n) is 4.00. The zero-order valence-corrected chi connectivity index (χ0v) is 14.0. The molecule has 0 fully saturated rings. The van der Waals surface area contributed by atoms with Crippen molar-refractivity contribution in [3.63, 3.8) is 0 Å². The maximum Gasteiger partial charge on any atom is 0.331 e. The molecule has 6 heteroatoms. The van der Waals surface area contributed by atoms with Crippen molar-refractivity contribution in [2.45, 2.75) is 26.9 Å². The molecule has 0 aliphatic carbocycles. The standard InChI is InChI=1S/C19H18F2N2O2/c1-12(2)10-23-18(24)14-5-3-4-6-17(14)22(19(23)25)11-13-7-8-15(20)16(21)9-13/h3-9,12H,10-11H2,1-2H3. The fourth-order valence-corrected chi connectivity index (χ4v) is 2.87. The Hall–Kier alpha value is -2.76. The normalized spacial score (nSPS) is 11.4. The van der Waals surface area contributed by atoms with Gasteiger partial charge in [-0.25, -0.2) is 13.6 Å². The smallest absolute Gasteiger partial charge is 0.289 e. The molecule has 0 amide bonds. The van der Waals surface area contributed by atoms with Gasteiger partial charge in [-0.3, -0.25) is 13.9 Å². The highest BCUT2D eigenvalue weighted by Crippen LogP contribution is 2.13. The van der Waals surface area contributed by atoms with Crippen molar-refractivity contribution in [1.82, 2.24) is 9.13 Å². The molecule has 0 unspecified atom stereocenters. The highest BCUT2D eigenvalue weighted by atomic mass is 19.2. The number of para-hydroxylation sites is 1. The number of hydrogen-bond acceptors (Lipinski definition) is 2. The molecule has 0 spiro atoms. The lowest BCUT2D eigenvalue weighted by Gasteiger charge is -2.15. The zero-order chi connectivity index (χ0) is 18.1. The van der Waals surface area contributed by atoms with Gasteiger partial charge < -0.3 is 0 Å². The fraction of sp³-hybridized carbons (Fsp3) is 0.263. The van der Waals surface area contributed by atoms with Crippen molar-refractivity contribution < 1.29 is 8.78 Å². The van der Waals surface area contributed by atoms with Crippen LogP contribution in [0.4, 0.5) is 8.78 Å². The van der Waals surface area contributed by atoms with Crippen molar-refractivity contribution in [2.75, 3.05) is 0 Å². The molecule has 3 aromatic rings. The second-order valence-corrected chi connectivity index (χ2v) is 6.44. The van der Waals surface area contributed by atoms with Gasteiger partial charge in [0.25, 0.3) is 5.56 Å². The summed E-state index contributed by atoms with van der Waals surface area (Å²) >= 11 is 0. The van der Waals surface area contributed by atoms with Gasteiger partial charge in [0.05, 0.1) is 17.4 Å². The van der Waals surface area contributed by atoms with E-state index >= 15 is 0 Å². The molecular weight excluding hydrogens is 326 g/mol. The van der Waals surface area contributed by atoms with E-state index < -0.39 is 17.3 Å². The number of nitrogens with zero attached hydrogens (tertiary/aromatic N) is 2. The molecule has 0 aliphatic heterocycles. The minimum Gasteiger partial charge on any atom is -0.289 e. The largest absolute Gasteiger partial charge is 0.331 e. The second-order valence-electron chi connectivity index (χ2n) is 6.44. The Labute approximate surface area is 143 Å². The highest BCUT2D eigenvalue weighted by molar-refractivity contribution is 5.77. The lowest BCUT2D eigenvalue weighted by atomic mass is 10.2. The Morgan fingerprint density at radius 3 is 2.36 bits per heavy atom. The number of fused-ring (bicyclic) bond motifs is 1. The molecule has 0 bridgehead atoms. The summed E-state index contributed by atoms with van der Waals surface area (Å²) in [5.74, 6) is -1.79. The number of hydrogen-bond donors (Lipinski definition) is 0. The van der Waals surface area contributed by atoms with Gasteiger partial charge in [0.1, 0.15) is 0 Å². The van der Waals surface area contributed by atoms with E-state index in [-0.39, 0.29) is 18.0 Å². The van der Waals surface area contributed by atoms with Crippen molar-refractivity contribution >= 4 is 10.9 Å². The summed E-state index contributed by atoms with van der Waals surface area (Å²) in [5.41, 5.74) is 0.126. The Balaban J connectivity index is 2.24. The first-order valence-corrected chi connectivity index (χ1v) is 8.04. The van der Waals surface area contributed by atoms with E-state index in [9.17, 15) is 18.4 Å². The zero-order valence-electron chi connectivity index (χ0n) is 14.0. The summed E-state index contributed by atoms with van der Waals surface area (Å²) in [6.07, 6.45) is 0. The third kappa shape index (κ3) is 3.24. The minimum atomic E-state index is -0.967. The second kappa shape index (κ2) is 6.63. The molecule has 130 valence electrons. The van der Waals surface area contributed by atoms with E-state index in [2.05, 4.69) is 0 Å². The Morgan fingerprint density at radius 2 is 1.68 bits per heavy atom. The van der Waals surface area contributed by atoms with Crippen LogP contribution in [0.15, 0.2) is 52.1 Å². The van der Waals surface area contributed by atoms with E-state index in [1.54, 1.807) is 24.3 Å². The number of halogens is 2. The van der Waals surface area contributed by atoms with Crippen molar-refractivity contribution in [2.24, 2.45) is 5.92 Å². The van der Waals surface area contributed by atoms with Crippen molar-refractivity contribution in [1.29, 1.82) is 0 Å². The molecule has 2 aromatic carbocycles. The SMILES string of the molecule is CC(C)Cn1c(=O)c2ccccc2n(Cc2ccc(F)c(F)c2)c1=O.